The zero-order chi connectivity index (χ0) is 14.9. The number of benzene rings is 1. The third kappa shape index (κ3) is 3.02. The quantitative estimate of drug-likeness (QED) is 0.886. The summed E-state index contributed by atoms with van der Waals surface area (Å²) < 4.78 is 1.01. The molecule has 0 amide bonds. The zero-order valence-corrected chi connectivity index (χ0v) is 14.4. The number of nitrogens with zero attached hydrogens (tertiary/aromatic N) is 2. The number of hydrogen-bond donors (Lipinski definition) is 1. The van der Waals surface area contributed by atoms with Crippen molar-refractivity contribution < 1.29 is 5.11 Å². The van der Waals surface area contributed by atoms with Crippen molar-refractivity contribution in [3.05, 3.63) is 28.2 Å². The lowest BCUT2D eigenvalue weighted by atomic mass is 9.75. The fourth-order valence-corrected chi connectivity index (χ4v) is 3.41. The fraction of sp³-hybridized carbons (Fsp3) is 0.625. The lowest BCUT2D eigenvalue weighted by Gasteiger charge is -2.50. The molecule has 0 aliphatic heterocycles. The second-order valence-electron chi connectivity index (χ2n) is 6.27. The second kappa shape index (κ2) is 6.04. The van der Waals surface area contributed by atoms with Gasteiger partial charge in [0.15, 0.2) is 0 Å². The maximum atomic E-state index is 10.1. The van der Waals surface area contributed by atoms with E-state index in [2.05, 4.69) is 53.8 Å². The predicted molar refractivity (Wildman–Crippen MR) is 87.1 cm³/mol. The number of phenols is 1. The lowest BCUT2D eigenvalue weighted by Crippen LogP contribution is -2.56. The first kappa shape index (κ1) is 15.8. The third-order valence-electron chi connectivity index (χ3n) is 4.88. The van der Waals surface area contributed by atoms with Gasteiger partial charge in [0, 0.05) is 28.2 Å². The Morgan fingerprint density at radius 3 is 2.45 bits per heavy atom. The van der Waals surface area contributed by atoms with E-state index in [0.717, 1.165) is 16.6 Å². The van der Waals surface area contributed by atoms with Crippen molar-refractivity contribution in [3.8, 4) is 5.75 Å². The standard InChI is InChI=1S/C16H25BrN2O/c1-12(14-10-13(17)6-7-15(14)20)19(4)11-16(18(2)3)8-5-9-16/h6-7,10,12,20H,5,8-9,11H2,1-4H3. The van der Waals surface area contributed by atoms with Crippen molar-refractivity contribution in [1.82, 2.24) is 9.80 Å². The molecule has 1 saturated carbocycles. The van der Waals surface area contributed by atoms with Gasteiger partial charge in [-0.15, -0.1) is 0 Å². The molecule has 112 valence electrons. The maximum absolute atomic E-state index is 10.1. The van der Waals surface area contributed by atoms with Crippen molar-refractivity contribution in [2.24, 2.45) is 0 Å². The van der Waals surface area contributed by atoms with Gasteiger partial charge in [0.1, 0.15) is 5.75 Å². The van der Waals surface area contributed by atoms with Gasteiger partial charge in [0.25, 0.3) is 0 Å². The molecule has 20 heavy (non-hydrogen) atoms. The summed E-state index contributed by atoms with van der Waals surface area (Å²) in [5, 5.41) is 10.1. The average molecular weight is 341 g/mol. The molecule has 0 bridgehead atoms. The van der Waals surface area contributed by atoms with E-state index >= 15 is 0 Å². The number of halogens is 1. The van der Waals surface area contributed by atoms with E-state index in [1.807, 2.05) is 12.1 Å². The maximum Gasteiger partial charge on any atom is 0.120 e. The van der Waals surface area contributed by atoms with Gasteiger partial charge >= 0.3 is 0 Å². The summed E-state index contributed by atoms with van der Waals surface area (Å²) in [4.78, 5) is 4.71. The van der Waals surface area contributed by atoms with Gasteiger partial charge in [-0.05, 0) is 65.5 Å². The van der Waals surface area contributed by atoms with Crippen LogP contribution in [0.25, 0.3) is 0 Å². The zero-order valence-electron chi connectivity index (χ0n) is 12.9. The summed E-state index contributed by atoms with van der Waals surface area (Å²) in [5.41, 5.74) is 1.29. The van der Waals surface area contributed by atoms with Crippen LogP contribution in [0.3, 0.4) is 0 Å². The monoisotopic (exact) mass is 340 g/mol. The van der Waals surface area contributed by atoms with E-state index < -0.39 is 0 Å². The van der Waals surface area contributed by atoms with E-state index in [-0.39, 0.29) is 6.04 Å². The smallest absolute Gasteiger partial charge is 0.120 e. The molecule has 1 unspecified atom stereocenters. The minimum atomic E-state index is 0.199. The number of aromatic hydroxyl groups is 1. The Balaban J connectivity index is 2.12. The van der Waals surface area contributed by atoms with Gasteiger partial charge in [0.05, 0.1) is 0 Å². The Labute approximate surface area is 130 Å². The van der Waals surface area contributed by atoms with Gasteiger partial charge in [0.2, 0.25) is 0 Å². The summed E-state index contributed by atoms with van der Waals surface area (Å²) >= 11 is 3.49. The molecule has 1 aromatic rings. The van der Waals surface area contributed by atoms with Gasteiger partial charge in [-0.3, -0.25) is 4.90 Å². The van der Waals surface area contributed by atoms with Crippen LogP contribution in [-0.2, 0) is 0 Å². The number of phenolic OH excluding ortho intramolecular Hbond substituents is 1. The highest BCUT2D eigenvalue weighted by Crippen LogP contribution is 2.39. The number of hydrogen-bond acceptors (Lipinski definition) is 3. The number of likely N-dealkylation sites (N-methyl/N-ethyl adjacent to an activating group) is 2. The molecule has 0 spiro atoms. The molecule has 4 heteroatoms. The van der Waals surface area contributed by atoms with Crippen LogP contribution < -0.4 is 0 Å². The van der Waals surface area contributed by atoms with Crippen LogP contribution in [0.1, 0.15) is 37.8 Å². The molecule has 1 aromatic carbocycles. The van der Waals surface area contributed by atoms with Crippen molar-refractivity contribution in [3.63, 3.8) is 0 Å². The Morgan fingerprint density at radius 1 is 1.30 bits per heavy atom. The minimum Gasteiger partial charge on any atom is -0.508 e. The minimum absolute atomic E-state index is 0.199. The normalized spacial score (nSPS) is 19.1. The molecule has 1 aliphatic carbocycles. The molecule has 0 radical (unpaired) electrons. The van der Waals surface area contributed by atoms with Crippen molar-refractivity contribution in [1.29, 1.82) is 0 Å². The summed E-state index contributed by atoms with van der Waals surface area (Å²) in [6.45, 7) is 3.19. The molecule has 3 nitrogen and oxygen atoms in total. The first-order valence-corrected chi connectivity index (χ1v) is 8.01. The largest absolute Gasteiger partial charge is 0.508 e. The van der Waals surface area contributed by atoms with Crippen LogP contribution in [0.2, 0.25) is 0 Å². The van der Waals surface area contributed by atoms with Crippen molar-refractivity contribution >= 4 is 15.9 Å². The van der Waals surface area contributed by atoms with E-state index in [9.17, 15) is 5.11 Å². The van der Waals surface area contributed by atoms with Gasteiger partial charge < -0.3 is 10.0 Å². The highest BCUT2D eigenvalue weighted by molar-refractivity contribution is 9.10. The summed E-state index contributed by atoms with van der Waals surface area (Å²) in [6, 6.07) is 5.85. The molecule has 0 heterocycles. The van der Waals surface area contributed by atoms with Crippen LogP contribution in [0.4, 0.5) is 0 Å². The van der Waals surface area contributed by atoms with Crippen LogP contribution in [0.5, 0.6) is 5.75 Å². The van der Waals surface area contributed by atoms with E-state index in [0.29, 0.717) is 11.3 Å². The fourth-order valence-electron chi connectivity index (χ4n) is 3.03. The molecular weight excluding hydrogens is 316 g/mol. The Morgan fingerprint density at radius 2 is 1.95 bits per heavy atom. The highest BCUT2D eigenvalue weighted by Gasteiger charge is 2.40. The first-order valence-electron chi connectivity index (χ1n) is 7.22. The third-order valence-corrected chi connectivity index (χ3v) is 5.37. The summed E-state index contributed by atoms with van der Waals surface area (Å²) in [5.74, 6) is 0.375. The van der Waals surface area contributed by atoms with Gasteiger partial charge in [-0.1, -0.05) is 15.9 Å². The molecule has 0 aromatic heterocycles. The van der Waals surface area contributed by atoms with E-state index in [1.165, 1.54) is 19.3 Å². The van der Waals surface area contributed by atoms with E-state index in [4.69, 9.17) is 0 Å². The molecule has 1 fully saturated rings. The predicted octanol–water partition coefficient (Wildman–Crippen LogP) is 3.63. The molecule has 0 saturated heterocycles. The molecular formula is C16H25BrN2O. The molecule has 2 rings (SSSR count). The second-order valence-corrected chi connectivity index (χ2v) is 7.18. The summed E-state index contributed by atoms with van der Waals surface area (Å²) in [7, 11) is 6.50. The Hall–Kier alpha value is -0.580. The topological polar surface area (TPSA) is 26.7 Å². The Bertz CT molecular complexity index is 472. The molecule has 1 N–H and O–H groups in total. The van der Waals surface area contributed by atoms with E-state index in [1.54, 1.807) is 6.07 Å². The summed E-state index contributed by atoms with van der Waals surface area (Å²) in [6.07, 6.45) is 3.85. The van der Waals surface area contributed by atoms with Crippen LogP contribution in [0, 0.1) is 0 Å². The van der Waals surface area contributed by atoms with Crippen LogP contribution in [-0.4, -0.2) is 48.1 Å². The Kier molecular flexibility index (Phi) is 4.77. The number of rotatable bonds is 5. The highest BCUT2D eigenvalue weighted by atomic mass is 79.9. The molecule has 1 atom stereocenters. The van der Waals surface area contributed by atoms with Crippen LogP contribution >= 0.6 is 15.9 Å². The van der Waals surface area contributed by atoms with Gasteiger partial charge in [-0.25, -0.2) is 0 Å². The average Bonchev–Trinajstić information content (AvgIpc) is 2.35. The molecule has 1 aliphatic rings. The SMILES string of the molecule is CC(c1cc(Br)ccc1O)N(C)CC1(N(C)C)CCC1. The first-order chi connectivity index (χ1) is 9.35. The van der Waals surface area contributed by atoms with Crippen molar-refractivity contribution in [2.45, 2.75) is 37.8 Å². The van der Waals surface area contributed by atoms with Gasteiger partial charge in [-0.2, -0.15) is 0 Å². The van der Waals surface area contributed by atoms with Crippen LogP contribution in [0.15, 0.2) is 22.7 Å². The lowest BCUT2D eigenvalue weighted by molar-refractivity contribution is 0.0177. The van der Waals surface area contributed by atoms with Crippen molar-refractivity contribution in [2.75, 3.05) is 27.7 Å².